The predicted molar refractivity (Wildman–Crippen MR) is 154 cm³/mol. The number of aromatic amines is 1. The van der Waals surface area contributed by atoms with Crippen molar-refractivity contribution >= 4 is 43.8 Å². The van der Waals surface area contributed by atoms with Gasteiger partial charge in [0, 0.05) is 11.3 Å². The molecule has 2 aliphatic carbocycles. The number of nitrogens with zero attached hydrogens (tertiary/aromatic N) is 7. The van der Waals surface area contributed by atoms with Crippen LogP contribution >= 0.6 is 15.6 Å². The molecule has 0 amide bonds. The van der Waals surface area contributed by atoms with Crippen molar-refractivity contribution in [3.05, 3.63) is 35.2 Å². The van der Waals surface area contributed by atoms with E-state index < -0.39 is 95.0 Å². The summed E-state index contributed by atoms with van der Waals surface area (Å²) >= 11 is 0. The van der Waals surface area contributed by atoms with E-state index in [0.717, 1.165) is 0 Å². The first-order valence-corrected chi connectivity index (χ1v) is 17.4. The maximum absolute atomic E-state index is 13.6. The number of H-pyrrole nitrogens is 1. The highest BCUT2D eigenvalue weighted by atomic mass is 31.2. The van der Waals surface area contributed by atoms with E-state index >= 15 is 0 Å². The molecular weight excluding hydrogens is 668 g/mol. The van der Waals surface area contributed by atoms with E-state index in [-0.39, 0.29) is 34.7 Å². The number of anilines is 1. The lowest BCUT2D eigenvalue weighted by atomic mass is 9.99. The van der Waals surface area contributed by atoms with Gasteiger partial charge in [0.05, 0.1) is 44.6 Å². The maximum atomic E-state index is 13.6. The molecule has 0 radical (unpaired) electrons. The summed E-state index contributed by atoms with van der Waals surface area (Å²) in [5.74, 6) is -1.24. The van der Waals surface area contributed by atoms with Crippen LogP contribution in [-0.2, 0) is 32.0 Å². The third-order valence-electron chi connectivity index (χ3n) is 9.46. The number of rotatable bonds is 3. The molecule has 0 aromatic carbocycles. The molecule has 2 aliphatic heterocycles. The van der Waals surface area contributed by atoms with Crippen LogP contribution < -0.4 is 11.3 Å². The summed E-state index contributed by atoms with van der Waals surface area (Å²) in [5, 5.41) is 21.8. The normalized spacial score (nSPS) is 40.4. The second-order valence-corrected chi connectivity index (χ2v) is 14.9. The highest BCUT2D eigenvalue weighted by Crippen LogP contribution is 2.72. The molecule has 47 heavy (non-hydrogen) atoms. The van der Waals surface area contributed by atoms with Crippen LogP contribution in [0.3, 0.4) is 0 Å². The van der Waals surface area contributed by atoms with Crippen LogP contribution in [-0.4, -0.2) is 103 Å². The zero-order chi connectivity index (χ0) is 33.0. The van der Waals surface area contributed by atoms with Crippen molar-refractivity contribution in [2.24, 2.45) is 17.3 Å². The Morgan fingerprint density at radius 1 is 1.06 bits per heavy atom. The number of aromatic nitrogens is 8. The van der Waals surface area contributed by atoms with Crippen LogP contribution in [0.4, 0.5) is 5.82 Å². The maximum Gasteiger partial charge on any atom is 0.472 e. The van der Waals surface area contributed by atoms with Gasteiger partial charge >= 0.3 is 15.6 Å². The monoisotopic (exact) mass is 697 g/mol. The second-order valence-electron chi connectivity index (χ2n) is 12.1. The van der Waals surface area contributed by atoms with Gasteiger partial charge in [-0.25, -0.2) is 34.0 Å². The molecule has 8 rings (SSSR count). The van der Waals surface area contributed by atoms with E-state index in [4.69, 9.17) is 28.6 Å². The van der Waals surface area contributed by atoms with Crippen molar-refractivity contribution in [2.75, 3.05) is 25.6 Å². The van der Waals surface area contributed by atoms with Crippen molar-refractivity contribution < 1.29 is 52.0 Å². The minimum Gasteiger partial charge on any atom is -0.396 e. The molecule has 2 unspecified atom stereocenters. The smallest absolute Gasteiger partial charge is 0.396 e. The third kappa shape index (κ3) is 4.88. The van der Waals surface area contributed by atoms with Gasteiger partial charge < -0.3 is 40.0 Å². The minimum atomic E-state index is -4.99. The van der Waals surface area contributed by atoms with Gasteiger partial charge in [-0.2, -0.15) is 0 Å². The molecule has 4 aliphatic rings. The number of imidazole rings is 2. The van der Waals surface area contributed by atoms with Crippen molar-refractivity contribution in [3.63, 3.8) is 0 Å². The van der Waals surface area contributed by atoms with Gasteiger partial charge in [0.25, 0.3) is 5.56 Å². The van der Waals surface area contributed by atoms with Gasteiger partial charge in [0.15, 0.2) is 28.9 Å². The van der Waals surface area contributed by atoms with Crippen molar-refractivity contribution in [1.82, 2.24) is 39.0 Å². The minimum absolute atomic E-state index is 0.0524. The largest absolute Gasteiger partial charge is 0.472 e. The first-order chi connectivity index (χ1) is 22.3. The number of phosphoric acid groups is 2. The number of fused-ring (bicyclic) bond motifs is 4. The standard InChI is InChI=1S/C24H29N9O12P2/c1-9-30-21-14(22(36)31-9)29-8-33(21)23-17-10(3-34)12(43-23)4-41-46(37,38)45-18-16(35)15(11-2-24(11,18)5-42-47(39,40)44-17)32-7-28-13-19(25)26-6-27-20(13)32/h6-8,10-12,15-18,23,34-35H,2-5H2,1H3,(H,37,38)(H,39,40)(H2,25,26,27)(H,30,31,36)/t10-,11-,12-,15-,16+,17-,18+,23-,24-/m1/s1. The Morgan fingerprint density at radius 2 is 1.81 bits per heavy atom. The fourth-order valence-corrected chi connectivity index (χ4v) is 9.28. The fraction of sp³-hybridized carbons (Fsp3) is 0.583. The molecule has 1 spiro atoms. The number of nitrogens with one attached hydrogen (secondary N) is 1. The molecular formula is C24H29N9O12P2. The Bertz CT molecular complexity index is 2060. The van der Waals surface area contributed by atoms with Gasteiger partial charge in [-0.15, -0.1) is 0 Å². The van der Waals surface area contributed by atoms with Gasteiger partial charge in [-0.05, 0) is 19.3 Å². The fourth-order valence-electron chi connectivity index (χ4n) is 7.23. The number of aliphatic hydroxyl groups excluding tert-OH is 2. The Morgan fingerprint density at radius 3 is 2.60 bits per heavy atom. The highest BCUT2D eigenvalue weighted by molar-refractivity contribution is 7.47. The summed E-state index contributed by atoms with van der Waals surface area (Å²) in [6.45, 7) is -0.310. The van der Waals surface area contributed by atoms with Crippen LogP contribution in [0.2, 0.25) is 0 Å². The number of nitrogens with two attached hydrogens (primary N) is 1. The van der Waals surface area contributed by atoms with Crippen LogP contribution in [0.15, 0.2) is 23.8 Å². The van der Waals surface area contributed by atoms with Crippen LogP contribution in [0, 0.1) is 24.2 Å². The van der Waals surface area contributed by atoms with Crippen LogP contribution in [0.1, 0.15) is 24.5 Å². The Labute approximate surface area is 262 Å². The zero-order valence-corrected chi connectivity index (χ0v) is 26.1. The average molecular weight is 697 g/mol. The summed E-state index contributed by atoms with van der Waals surface area (Å²) < 4.78 is 58.0. The molecule has 4 aromatic rings. The Balaban J connectivity index is 1.15. The number of ether oxygens (including phenoxy) is 1. The molecule has 252 valence electrons. The topological polar surface area (TPSA) is 294 Å². The summed E-state index contributed by atoms with van der Waals surface area (Å²) in [6, 6.07) is -0.814. The number of aryl methyl sites for hydroxylation is 1. The van der Waals surface area contributed by atoms with Gasteiger partial charge in [0.2, 0.25) is 0 Å². The number of hydrogen-bond donors (Lipinski definition) is 6. The van der Waals surface area contributed by atoms with E-state index in [1.807, 2.05) is 0 Å². The number of hydrogen-bond acceptors (Lipinski definition) is 16. The third-order valence-corrected chi connectivity index (χ3v) is 11.4. The Kier molecular flexibility index (Phi) is 7.04. The van der Waals surface area contributed by atoms with E-state index in [2.05, 4.69) is 29.9 Å². The lowest BCUT2D eigenvalue weighted by Crippen LogP contribution is -2.38. The molecule has 4 aromatic heterocycles. The highest BCUT2D eigenvalue weighted by Gasteiger charge is 2.74. The molecule has 7 N–H and O–H groups in total. The SMILES string of the molecule is Cc1nc2c(ncn2[C@@H]2O[C@@H]3COP(=O)(O)O[C@H]4[C@@H](O)[C@H](n5cnc6c(N)ncnc65)[C@H]5C[C@@]54COP(=O)(O)O[C@@H]2[C@@H]3CO)c(=O)[nH]1. The summed E-state index contributed by atoms with van der Waals surface area (Å²) in [5.41, 5.74) is 4.74. The second kappa shape index (κ2) is 10.6. The van der Waals surface area contributed by atoms with Crippen molar-refractivity contribution in [1.29, 1.82) is 0 Å². The first kappa shape index (κ1) is 31.1. The van der Waals surface area contributed by atoms with E-state index in [0.29, 0.717) is 5.65 Å². The molecule has 6 heterocycles. The van der Waals surface area contributed by atoms with E-state index in [1.165, 1.54) is 23.5 Å². The van der Waals surface area contributed by atoms with Crippen molar-refractivity contribution in [3.8, 4) is 0 Å². The van der Waals surface area contributed by atoms with Gasteiger partial charge in [-0.1, -0.05) is 0 Å². The summed E-state index contributed by atoms with van der Waals surface area (Å²) in [6.07, 6.45) is -2.70. The first-order valence-electron chi connectivity index (χ1n) is 14.4. The van der Waals surface area contributed by atoms with Crippen molar-refractivity contribution in [2.45, 2.75) is 50.0 Å². The predicted octanol–water partition coefficient (Wildman–Crippen LogP) is -0.704. The molecule has 11 atom stereocenters. The number of nitrogen functional groups attached to an aromatic ring is 1. The average Bonchev–Trinajstić information content (AvgIpc) is 3.30. The molecule has 2 bridgehead atoms. The van der Waals surface area contributed by atoms with E-state index in [1.54, 1.807) is 11.5 Å². The Hall–Kier alpha value is -3.20. The molecule has 23 heteroatoms. The van der Waals surface area contributed by atoms with Crippen LogP contribution in [0.25, 0.3) is 22.3 Å². The molecule has 4 fully saturated rings. The molecule has 2 saturated heterocycles. The van der Waals surface area contributed by atoms with E-state index in [9.17, 15) is 33.9 Å². The number of aliphatic hydroxyl groups is 2. The quantitative estimate of drug-likeness (QED) is 0.144. The molecule has 21 nitrogen and oxygen atoms in total. The molecule has 2 saturated carbocycles. The van der Waals surface area contributed by atoms with Gasteiger partial charge in [0.1, 0.15) is 36.0 Å². The van der Waals surface area contributed by atoms with Crippen LogP contribution in [0.5, 0.6) is 0 Å². The lowest BCUT2D eigenvalue weighted by Gasteiger charge is -2.30. The zero-order valence-electron chi connectivity index (χ0n) is 24.3. The number of phosphoric ester groups is 2. The summed E-state index contributed by atoms with van der Waals surface area (Å²) in [7, 11) is -9.95. The lowest BCUT2D eigenvalue weighted by molar-refractivity contribution is -0.0662. The summed E-state index contributed by atoms with van der Waals surface area (Å²) in [4.78, 5) is 57.7. The van der Waals surface area contributed by atoms with Gasteiger partial charge in [-0.3, -0.25) is 27.5 Å².